The van der Waals surface area contributed by atoms with Crippen LogP contribution in [-0.4, -0.2) is 35.8 Å². The highest BCUT2D eigenvalue weighted by molar-refractivity contribution is 6.25. The molecule has 0 aliphatic carbocycles. The average molecular weight is 413 g/mol. The zero-order chi connectivity index (χ0) is 21.5. The Morgan fingerprint density at radius 1 is 0.900 bits per heavy atom. The maximum atomic E-state index is 12.8. The lowest BCUT2D eigenvalue weighted by Crippen LogP contribution is -2.42. The fourth-order valence-electron chi connectivity index (χ4n) is 3.42. The summed E-state index contributed by atoms with van der Waals surface area (Å²) in [5, 5.41) is 1.34. The minimum atomic E-state index is -4.59. The normalized spacial score (nSPS) is 13.6. The summed E-state index contributed by atoms with van der Waals surface area (Å²) in [5.74, 6) is -2.00. The average Bonchev–Trinajstić information content (AvgIpc) is 2.73. The van der Waals surface area contributed by atoms with Crippen molar-refractivity contribution in [3.05, 3.63) is 82.9 Å². The molecule has 0 N–H and O–H groups in total. The monoisotopic (exact) mass is 413 g/mol. The third-order valence-corrected chi connectivity index (χ3v) is 4.83. The Bertz CT molecular complexity index is 1140. The Labute approximate surface area is 168 Å². The number of hydrogen-bond donors (Lipinski definition) is 0. The number of halogens is 3. The van der Waals surface area contributed by atoms with Crippen LogP contribution < -0.4 is 0 Å². The van der Waals surface area contributed by atoms with Crippen molar-refractivity contribution in [1.82, 2.24) is 4.90 Å². The molecule has 3 aromatic rings. The lowest BCUT2D eigenvalue weighted by atomic mass is 9.94. The second-order valence-electron chi connectivity index (χ2n) is 6.69. The van der Waals surface area contributed by atoms with Gasteiger partial charge in [-0.1, -0.05) is 30.3 Å². The van der Waals surface area contributed by atoms with E-state index in [-0.39, 0.29) is 18.7 Å². The quantitative estimate of drug-likeness (QED) is 0.472. The maximum absolute atomic E-state index is 12.8. The molecule has 0 saturated carbocycles. The van der Waals surface area contributed by atoms with Crippen LogP contribution in [0.2, 0.25) is 0 Å². The zero-order valence-electron chi connectivity index (χ0n) is 15.4. The van der Waals surface area contributed by atoms with Crippen LogP contribution in [0.5, 0.6) is 0 Å². The number of nitrogens with zero attached hydrogens (tertiary/aromatic N) is 1. The van der Waals surface area contributed by atoms with E-state index in [1.54, 1.807) is 36.4 Å². The number of amides is 2. The molecule has 8 heteroatoms. The molecular weight excluding hydrogens is 399 g/mol. The first-order chi connectivity index (χ1) is 14.3. The fraction of sp³-hybridized carbons (Fsp3) is 0.136. The third kappa shape index (κ3) is 3.41. The fourth-order valence-corrected chi connectivity index (χ4v) is 3.42. The highest BCUT2D eigenvalue weighted by Gasteiger charge is 2.33. The zero-order valence-corrected chi connectivity index (χ0v) is 15.4. The highest BCUT2D eigenvalue weighted by Crippen LogP contribution is 2.31. The van der Waals surface area contributed by atoms with Crippen LogP contribution in [0.3, 0.4) is 0 Å². The standard InChI is InChI=1S/C22H14F3NO4/c23-22(24,25)15-7-1-6-14(12-15)21(29)30-11-10-26-19(27)16-8-2-4-13-5-3-9-17(18(13)16)20(26)28/h1-9,12H,10-11H2. The molecule has 0 unspecified atom stereocenters. The molecule has 3 aromatic carbocycles. The Kier molecular flexibility index (Phi) is 4.77. The van der Waals surface area contributed by atoms with Crippen LogP contribution in [-0.2, 0) is 10.9 Å². The van der Waals surface area contributed by atoms with E-state index in [4.69, 9.17) is 4.74 Å². The van der Waals surface area contributed by atoms with Crippen LogP contribution in [0.25, 0.3) is 10.8 Å². The number of carbonyl (C=O) groups is 3. The van der Waals surface area contributed by atoms with E-state index >= 15 is 0 Å². The molecule has 0 aromatic heterocycles. The molecule has 0 radical (unpaired) electrons. The van der Waals surface area contributed by atoms with Gasteiger partial charge in [0.15, 0.2) is 0 Å². The van der Waals surface area contributed by atoms with Gasteiger partial charge in [0.2, 0.25) is 0 Å². The van der Waals surface area contributed by atoms with Gasteiger partial charge in [-0.05, 0) is 35.7 Å². The number of ether oxygens (including phenoxy) is 1. The Morgan fingerprint density at radius 2 is 1.50 bits per heavy atom. The Morgan fingerprint density at radius 3 is 2.10 bits per heavy atom. The SMILES string of the molecule is O=C(OCCN1C(=O)c2cccc3cccc(c23)C1=O)c1cccc(C(F)(F)F)c1. The van der Waals surface area contributed by atoms with Crippen molar-refractivity contribution >= 4 is 28.6 Å². The Balaban J connectivity index is 1.48. The molecule has 1 aliphatic heterocycles. The smallest absolute Gasteiger partial charge is 0.416 e. The van der Waals surface area contributed by atoms with E-state index < -0.39 is 29.5 Å². The summed E-state index contributed by atoms with van der Waals surface area (Å²) in [7, 11) is 0. The van der Waals surface area contributed by atoms with Crippen LogP contribution in [0.4, 0.5) is 13.2 Å². The summed E-state index contributed by atoms with van der Waals surface area (Å²) in [5.41, 5.74) is -0.502. The number of carbonyl (C=O) groups excluding carboxylic acids is 3. The molecule has 152 valence electrons. The summed E-state index contributed by atoms with van der Waals surface area (Å²) >= 11 is 0. The molecule has 4 rings (SSSR count). The van der Waals surface area contributed by atoms with Gasteiger partial charge in [-0.15, -0.1) is 0 Å². The van der Waals surface area contributed by atoms with Crippen LogP contribution in [0.1, 0.15) is 36.6 Å². The van der Waals surface area contributed by atoms with Crippen molar-refractivity contribution in [1.29, 1.82) is 0 Å². The van der Waals surface area contributed by atoms with Crippen LogP contribution in [0.15, 0.2) is 60.7 Å². The van der Waals surface area contributed by atoms with Gasteiger partial charge >= 0.3 is 12.1 Å². The first-order valence-electron chi connectivity index (χ1n) is 8.99. The molecule has 0 bridgehead atoms. The van der Waals surface area contributed by atoms with E-state index in [0.717, 1.165) is 22.4 Å². The number of imide groups is 1. The second kappa shape index (κ2) is 7.29. The predicted molar refractivity (Wildman–Crippen MR) is 101 cm³/mol. The van der Waals surface area contributed by atoms with E-state index in [2.05, 4.69) is 0 Å². The molecule has 1 aliphatic rings. The van der Waals surface area contributed by atoms with Crippen LogP contribution in [0, 0.1) is 0 Å². The Hall–Kier alpha value is -3.68. The third-order valence-electron chi connectivity index (χ3n) is 4.83. The van der Waals surface area contributed by atoms with E-state index in [9.17, 15) is 27.6 Å². The number of benzene rings is 3. The van der Waals surface area contributed by atoms with E-state index in [1.165, 1.54) is 6.07 Å². The molecule has 0 saturated heterocycles. The summed E-state index contributed by atoms with van der Waals surface area (Å²) in [6, 6.07) is 14.1. The van der Waals surface area contributed by atoms with Gasteiger partial charge in [-0.2, -0.15) is 13.2 Å². The highest BCUT2D eigenvalue weighted by atomic mass is 19.4. The number of hydrogen-bond acceptors (Lipinski definition) is 4. The van der Waals surface area contributed by atoms with Crippen molar-refractivity contribution in [3.8, 4) is 0 Å². The molecule has 0 fully saturated rings. The van der Waals surface area contributed by atoms with Crippen molar-refractivity contribution in [2.45, 2.75) is 6.18 Å². The molecule has 0 atom stereocenters. The van der Waals surface area contributed by atoms with Gasteiger partial charge in [0, 0.05) is 16.5 Å². The van der Waals surface area contributed by atoms with Crippen molar-refractivity contribution in [2.75, 3.05) is 13.2 Å². The van der Waals surface area contributed by atoms with Gasteiger partial charge in [0.25, 0.3) is 11.8 Å². The van der Waals surface area contributed by atoms with Crippen molar-refractivity contribution in [3.63, 3.8) is 0 Å². The predicted octanol–water partition coefficient (Wildman–Crippen LogP) is 4.31. The van der Waals surface area contributed by atoms with Gasteiger partial charge in [0.05, 0.1) is 17.7 Å². The molecular formula is C22H14F3NO4. The van der Waals surface area contributed by atoms with E-state index in [1.807, 2.05) is 0 Å². The minimum absolute atomic E-state index is 0.215. The minimum Gasteiger partial charge on any atom is -0.460 e. The van der Waals surface area contributed by atoms with Gasteiger partial charge < -0.3 is 4.74 Å². The number of alkyl halides is 3. The number of rotatable bonds is 4. The molecule has 1 heterocycles. The molecule has 5 nitrogen and oxygen atoms in total. The van der Waals surface area contributed by atoms with Crippen molar-refractivity contribution in [2.24, 2.45) is 0 Å². The molecule has 0 spiro atoms. The largest absolute Gasteiger partial charge is 0.460 e. The van der Waals surface area contributed by atoms with Crippen molar-refractivity contribution < 1.29 is 32.3 Å². The summed E-state index contributed by atoms with van der Waals surface area (Å²) in [6.45, 7) is -0.558. The lowest BCUT2D eigenvalue weighted by molar-refractivity contribution is -0.137. The molecule has 30 heavy (non-hydrogen) atoms. The topological polar surface area (TPSA) is 63.7 Å². The van der Waals surface area contributed by atoms with E-state index in [0.29, 0.717) is 22.6 Å². The van der Waals surface area contributed by atoms with Crippen LogP contribution >= 0.6 is 0 Å². The summed E-state index contributed by atoms with van der Waals surface area (Å²) in [6.07, 6.45) is -4.59. The first-order valence-corrected chi connectivity index (χ1v) is 8.99. The van der Waals surface area contributed by atoms with Gasteiger partial charge in [0.1, 0.15) is 6.61 Å². The van der Waals surface area contributed by atoms with Gasteiger partial charge in [-0.25, -0.2) is 4.79 Å². The lowest BCUT2D eigenvalue weighted by Gasteiger charge is -2.26. The maximum Gasteiger partial charge on any atom is 0.416 e. The molecule has 2 amide bonds. The first kappa shape index (κ1) is 19.6. The summed E-state index contributed by atoms with van der Waals surface area (Å²) in [4.78, 5) is 38.6. The number of esters is 1. The van der Waals surface area contributed by atoms with Gasteiger partial charge in [-0.3, -0.25) is 14.5 Å². The second-order valence-corrected chi connectivity index (χ2v) is 6.69. The summed E-state index contributed by atoms with van der Waals surface area (Å²) < 4.78 is 43.4.